The fourth-order valence-corrected chi connectivity index (χ4v) is 2.99. The Kier molecular flexibility index (Phi) is 5.50. The van der Waals surface area contributed by atoms with Crippen LogP contribution in [-0.2, 0) is 11.3 Å². The summed E-state index contributed by atoms with van der Waals surface area (Å²) in [6.07, 6.45) is 1.59. The second kappa shape index (κ2) is 7.98. The minimum Gasteiger partial charge on any atom is -0.467 e. The van der Waals surface area contributed by atoms with Crippen molar-refractivity contribution in [3.63, 3.8) is 0 Å². The molecule has 1 aromatic carbocycles. The number of hydrogen-bond acceptors (Lipinski definition) is 5. The number of aryl methyl sites for hydroxylation is 2. The van der Waals surface area contributed by atoms with Gasteiger partial charge in [-0.2, -0.15) is 0 Å². The first-order chi connectivity index (χ1) is 12.1. The van der Waals surface area contributed by atoms with Crippen LogP contribution in [0, 0.1) is 13.8 Å². The largest absolute Gasteiger partial charge is 0.467 e. The van der Waals surface area contributed by atoms with E-state index in [1.807, 2.05) is 18.2 Å². The van der Waals surface area contributed by atoms with E-state index in [1.54, 1.807) is 12.3 Å². The van der Waals surface area contributed by atoms with Gasteiger partial charge in [-0.1, -0.05) is 29.5 Å². The maximum Gasteiger partial charge on any atom is 0.230 e. The average Bonchev–Trinajstić information content (AvgIpc) is 3.14. The van der Waals surface area contributed by atoms with Gasteiger partial charge in [-0.25, -0.2) is 0 Å². The molecule has 0 saturated carbocycles. The first kappa shape index (κ1) is 17.2. The predicted molar refractivity (Wildman–Crippen MR) is 98.2 cm³/mol. The van der Waals surface area contributed by atoms with E-state index in [1.165, 1.54) is 17.3 Å². The summed E-state index contributed by atoms with van der Waals surface area (Å²) in [5.74, 6) is 0.955. The van der Waals surface area contributed by atoms with Crippen molar-refractivity contribution in [3.05, 3.63) is 65.6 Å². The third-order valence-corrected chi connectivity index (χ3v) is 4.62. The maximum atomic E-state index is 11.9. The van der Waals surface area contributed by atoms with Gasteiger partial charge in [0.1, 0.15) is 10.8 Å². The number of furan rings is 1. The molecule has 2 heterocycles. The SMILES string of the molecule is Cc1ccc(C)c(-c2ccc(SCC(=O)NCc3ccco3)nn2)c1. The highest BCUT2D eigenvalue weighted by Gasteiger charge is 2.08. The third-order valence-electron chi connectivity index (χ3n) is 3.70. The fourth-order valence-electron chi connectivity index (χ4n) is 2.34. The van der Waals surface area contributed by atoms with Crippen LogP contribution < -0.4 is 5.32 Å². The normalized spacial score (nSPS) is 10.6. The topological polar surface area (TPSA) is 68.0 Å². The molecule has 3 rings (SSSR count). The summed E-state index contributed by atoms with van der Waals surface area (Å²) in [5, 5.41) is 12.0. The van der Waals surface area contributed by atoms with Crippen molar-refractivity contribution >= 4 is 17.7 Å². The van der Waals surface area contributed by atoms with E-state index >= 15 is 0 Å². The number of nitrogens with zero attached hydrogens (tertiary/aromatic N) is 2. The zero-order valence-electron chi connectivity index (χ0n) is 14.2. The smallest absolute Gasteiger partial charge is 0.230 e. The standard InChI is InChI=1S/C19H19N3O2S/c1-13-5-6-14(2)16(10-13)17-7-8-19(22-21-17)25-12-18(23)20-11-15-4-3-9-24-15/h3-10H,11-12H2,1-2H3,(H,20,23). The Morgan fingerprint density at radius 1 is 1.16 bits per heavy atom. The number of carbonyl (C=O) groups excluding carboxylic acids is 1. The number of thioether (sulfide) groups is 1. The molecule has 0 unspecified atom stereocenters. The molecule has 5 nitrogen and oxygen atoms in total. The molecule has 0 bridgehead atoms. The summed E-state index contributed by atoms with van der Waals surface area (Å²) in [7, 11) is 0. The summed E-state index contributed by atoms with van der Waals surface area (Å²) in [4.78, 5) is 11.9. The molecule has 6 heteroatoms. The number of amides is 1. The van der Waals surface area contributed by atoms with Gasteiger partial charge < -0.3 is 9.73 Å². The summed E-state index contributed by atoms with van der Waals surface area (Å²) in [6, 6.07) is 13.7. The van der Waals surface area contributed by atoms with Gasteiger partial charge in [0.25, 0.3) is 0 Å². The van der Waals surface area contributed by atoms with Gasteiger partial charge in [0.2, 0.25) is 5.91 Å². The quantitative estimate of drug-likeness (QED) is 0.683. The molecule has 1 amide bonds. The monoisotopic (exact) mass is 353 g/mol. The van der Waals surface area contributed by atoms with E-state index in [2.05, 4.69) is 47.6 Å². The van der Waals surface area contributed by atoms with E-state index in [-0.39, 0.29) is 11.7 Å². The Morgan fingerprint density at radius 2 is 2.04 bits per heavy atom. The molecule has 2 aromatic heterocycles. The molecule has 0 saturated heterocycles. The highest BCUT2D eigenvalue weighted by atomic mass is 32.2. The lowest BCUT2D eigenvalue weighted by Crippen LogP contribution is -2.24. The lowest BCUT2D eigenvalue weighted by molar-refractivity contribution is -0.118. The average molecular weight is 353 g/mol. The zero-order valence-corrected chi connectivity index (χ0v) is 15.0. The van der Waals surface area contributed by atoms with Gasteiger partial charge in [-0.3, -0.25) is 4.79 Å². The van der Waals surface area contributed by atoms with Crippen molar-refractivity contribution in [2.75, 3.05) is 5.75 Å². The number of nitrogens with one attached hydrogen (secondary N) is 1. The van der Waals surface area contributed by atoms with Crippen LogP contribution >= 0.6 is 11.8 Å². The highest BCUT2D eigenvalue weighted by molar-refractivity contribution is 7.99. The molecular formula is C19H19N3O2S. The molecule has 128 valence electrons. The first-order valence-electron chi connectivity index (χ1n) is 7.95. The molecule has 0 radical (unpaired) electrons. The van der Waals surface area contributed by atoms with Crippen LogP contribution in [0.15, 0.2) is 58.2 Å². The molecule has 0 fully saturated rings. The minimum absolute atomic E-state index is 0.0678. The predicted octanol–water partition coefficient (Wildman–Crippen LogP) is 3.76. The molecule has 0 aliphatic carbocycles. The lowest BCUT2D eigenvalue weighted by atomic mass is 10.0. The summed E-state index contributed by atoms with van der Waals surface area (Å²) in [5.41, 5.74) is 4.28. The van der Waals surface area contributed by atoms with Gasteiger partial charge >= 0.3 is 0 Å². The van der Waals surface area contributed by atoms with Crippen molar-refractivity contribution in [1.29, 1.82) is 0 Å². The Balaban J connectivity index is 1.55. The number of benzene rings is 1. The van der Waals surface area contributed by atoms with E-state index in [0.29, 0.717) is 6.54 Å². The van der Waals surface area contributed by atoms with Gasteiger partial charge in [0.05, 0.1) is 24.3 Å². The molecular weight excluding hydrogens is 334 g/mol. The van der Waals surface area contributed by atoms with Gasteiger partial charge in [-0.05, 0) is 49.7 Å². The molecule has 25 heavy (non-hydrogen) atoms. The van der Waals surface area contributed by atoms with E-state index in [9.17, 15) is 4.79 Å². The molecule has 0 spiro atoms. The van der Waals surface area contributed by atoms with Crippen LogP contribution in [0.4, 0.5) is 0 Å². The van der Waals surface area contributed by atoms with Gasteiger partial charge in [0, 0.05) is 5.56 Å². The number of aromatic nitrogens is 2. The highest BCUT2D eigenvalue weighted by Crippen LogP contribution is 2.23. The Labute approximate surface area is 150 Å². The maximum absolute atomic E-state index is 11.9. The number of carbonyl (C=O) groups is 1. The number of hydrogen-bond donors (Lipinski definition) is 1. The Hall–Kier alpha value is -2.60. The second-order valence-corrected chi connectivity index (χ2v) is 6.72. The number of rotatable bonds is 6. The van der Waals surface area contributed by atoms with Gasteiger partial charge in [-0.15, -0.1) is 10.2 Å². The molecule has 3 aromatic rings. The molecule has 0 atom stereocenters. The molecule has 0 aliphatic rings. The minimum atomic E-state index is -0.0678. The summed E-state index contributed by atoms with van der Waals surface area (Å²) in [6.45, 7) is 4.51. The van der Waals surface area contributed by atoms with Crippen LogP contribution in [0.3, 0.4) is 0 Å². The Morgan fingerprint density at radius 3 is 2.76 bits per heavy atom. The summed E-state index contributed by atoms with van der Waals surface area (Å²) < 4.78 is 5.18. The Bertz CT molecular complexity index is 846. The van der Waals surface area contributed by atoms with Crippen LogP contribution in [0.25, 0.3) is 11.3 Å². The first-order valence-corrected chi connectivity index (χ1v) is 8.93. The van der Waals surface area contributed by atoms with Crippen LogP contribution in [-0.4, -0.2) is 21.9 Å². The van der Waals surface area contributed by atoms with Crippen molar-refractivity contribution in [1.82, 2.24) is 15.5 Å². The van der Waals surface area contributed by atoms with E-state index < -0.39 is 0 Å². The van der Waals surface area contributed by atoms with Crippen molar-refractivity contribution in [2.24, 2.45) is 0 Å². The van der Waals surface area contributed by atoms with Crippen molar-refractivity contribution in [2.45, 2.75) is 25.4 Å². The van der Waals surface area contributed by atoms with E-state index in [0.717, 1.165) is 27.6 Å². The molecule has 0 aliphatic heterocycles. The van der Waals surface area contributed by atoms with Crippen LogP contribution in [0.2, 0.25) is 0 Å². The second-order valence-electron chi connectivity index (χ2n) is 5.72. The summed E-state index contributed by atoms with van der Waals surface area (Å²) >= 11 is 1.36. The lowest BCUT2D eigenvalue weighted by Gasteiger charge is -2.07. The van der Waals surface area contributed by atoms with Crippen molar-refractivity contribution < 1.29 is 9.21 Å². The van der Waals surface area contributed by atoms with E-state index in [4.69, 9.17) is 4.42 Å². The van der Waals surface area contributed by atoms with Crippen LogP contribution in [0.1, 0.15) is 16.9 Å². The van der Waals surface area contributed by atoms with Crippen molar-refractivity contribution in [3.8, 4) is 11.3 Å². The third kappa shape index (κ3) is 4.70. The zero-order chi connectivity index (χ0) is 17.6. The van der Waals surface area contributed by atoms with Crippen LogP contribution in [0.5, 0.6) is 0 Å². The molecule has 1 N–H and O–H groups in total. The fraction of sp³-hybridized carbons (Fsp3) is 0.211. The van der Waals surface area contributed by atoms with Gasteiger partial charge in [0.15, 0.2) is 0 Å².